The third kappa shape index (κ3) is 3.14. The van der Waals surface area contributed by atoms with Gasteiger partial charge in [0.1, 0.15) is 6.54 Å². The number of carbonyl (C=O) groups is 2. The van der Waals surface area contributed by atoms with Crippen LogP contribution in [0.2, 0.25) is 0 Å². The maximum atomic E-state index is 12.5. The van der Waals surface area contributed by atoms with Gasteiger partial charge in [0.05, 0.1) is 0 Å². The number of primary amides is 1. The van der Waals surface area contributed by atoms with Crippen molar-refractivity contribution in [2.75, 3.05) is 26.2 Å². The largest absolute Gasteiger partial charge is 0.369 e. The van der Waals surface area contributed by atoms with Gasteiger partial charge >= 0.3 is 0 Å². The van der Waals surface area contributed by atoms with E-state index < -0.39 is 0 Å². The summed E-state index contributed by atoms with van der Waals surface area (Å²) in [5, 5.41) is 1.16. The maximum absolute atomic E-state index is 12.5. The van der Waals surface area contributed by atoms with Crippen LogP contribution < -0.4 is 5.73 Å². The summed E-state index contributed by atoms with van der Waals surface area (Å²) in [6, 6.07) is 10.6. The number of hydrogen-bond donors (Lipinski definition) is 1. The average molecular weight is 340 g/mol. The first kappa shape index (κ1) is 16.1. The molecule has 0 atom stereocenters. The molecule has 0 aliphatic carbocycles. The Kier molecular flexibility index (Phi) is 4.21. The lowest BCUT2D eigenvalue weighted by Gasteiger charge is -2.47. The molecule has 6 nitrogen and oxygen atoms in total. The van der Waals surface area contributed by atoms with Crippen molar-refractivity contribution in [3.05, 3.63) is 36.5 Å². The van der Waals surface area contributed by atoms with Crippen molar-refractivity contribution in [3.63, 3.8) is 0 Å². The van der Waals surface area contributed by atoms with Crippen molar-refractivity contribution >= 4 is 22.7 Å². The molecule has 4 rings (SSSR count). The first-order chi connectivity index (χ1) is 12.1. The molecule has 3 heterocycles. The van der Waals surface area contributed by atoms with Crippen LogP contribution in [-0.4, -0.2) is 58.4 Å². The summed E-state index contributed by atoms with van der Waals surface area (Å²) in [4.78, 5) is 28.1. The van der Waals surface area contributed by atoms with Crippen LogP contribution in [0.5, 0.6) is 0 Å². The molecule has 0 unspecified atom stereocenters. The summed E-state index contributed by atoms with van der Waals surface area (Å²) >= 11 is 0. The first-order valence-electron chi connectivity index (χ1n) is 8.97. The molecule has 2 saturated heterocycles. The van der Waals surface area contributed by atoms with E-state index in [4.69, 9.17) is 5.73 Å². The van der Waals surface area contributed by atoms with Crippen LogP contribution in [0, 0.1) is 5.92 Å². The number of benzene rings is 1. The number of aromatic nitrogens is 1. The lowest BCUT2D eigenvalue weighted by Crippen LogP contribution is -2.62. The smallest absolute Gasteiger partial charge is 0.242 e. The minimum Gasteiger partial charge on any atom is -0.369 e. The molecule has 0 bridgehead atoms. The van der Waals surface area contributed by atoms with Crippen LogP contribution in [0.3, 0.4) is 0 Å². The molecule has 0 saturated carbocycles. The molecule has 6 heteroatoms. The average Bonchev–Trinajstić information content (AvgIpc) is 2.97. The molecule has 25 heavy (non-hydrogen) atoms. The Morgan fingerprint density at radius 3 is 2.52 bits per heavy atom. The van der Waals surface area contributed by atoms with Gasteiger partial charge in [-0.3, -0.25) is 14.5 Å². The van der Waals surface area contributed by atoms with Gasteiger partial charge in [-0.05, 0) is 43.5 Å². The Hall–Kier alpha value is -2.34. The summed E-state index contributed by atoms with van der Waals surface area (Å²) in [5.41, 5.74) is 6.49. The van der Waals surface area contributed by atoms with E-state index in [0.717, 1.165) is 49.9 Å². The Balaban J connectivity index is 1.29. The zero-order valence-corrected chi connectivity index (χ0v) is 14.3. The third-order valence-corrected chi connectivity index (χ3v) is 5.65. The highest BCUT2D eigenvalue weighted by atomic mass is 16.2. The molecule has 2 N–H and O–H groups in total. The molecular formula is C19H24N4O2. The predicted molar refractivity (Wildman–Crippen MR) is 95.8 cm³/mol. The summed E-state index contributed by atoms with van der Waals surface area (Å²) in [7, 11) is 0. The van der Waals surface area contributed by atoms with E-state index in [9.17, 15) is 9.59 Å². The highest BCUT2D eigenvalue weighted by molar-refractivity contribution is 5.83. The zero-order chi connectivity index (χ0) is 17.4. The number of fused-ring (bicyclic) bond motifs is 1. The number of para-hydroxylation sites is 1. The van der Waals surface area contributed by atoms with Crippen molar-refractivity contribution in [1.29, 1.82) is 0 Å². The van der Waals surface area contributed by atoms with Crippen LogP contribution >= 0.6 is 0 Å². The van der Waals surface area contributed by atoms with Crippen molar-refractivity contribution in [2.45, 2.75) is 25.4 Å². The molecule has 0 spiro atoms. The van der Waals surface area contributed by atoms with Crippen molar-refractivity contribution in [1.82, 2.24) is 14.4 Å². The number of nitrogens with two attached hydrogens (primary N) is 1. The minimum absolute atomic E-state index is 0.0242. The molecule has 2 fully saturated rings. The fourth-order valence-corrected chi connectivity index (χ4v) is 3.96. The second-order valence-corrected chi connectivity index (χ2v) is 7.17. The fraction of sp³-hybridized carbons (Fsp3) is 0.474. The van der Waals surface area contributed by atoms with Crippen molar-refractivity contribution in [2.24, 2.45) is 11.7 Å². The number of carbonyl (C=O) groups excluding carboxylic acids is 2. The number of likely N-dealkylation sites (tertiary alicyclic amines) is 2. The van der Waals surface area contributed by atoms with Crippen LogP contribution in [-0.2, 0) is 16.1 Å². The fourth-order valence-electron chi connectivity index (χ4n) is 3.96. The van der Waals surface area contributed by atoms with Gasteiger partial charge in [0.2, 0.25) is 11.8 Å². The number of hydrogen-bond acceptors (Lipinski definition) is 3. The number of rotatable bonds is 4. The van der Waals surface area contributed by atoms with Crippen molar-refractivity contribution in [3.8, 4) is 0 Å². The lowest BCUT2D eigenvalue weighted by atomic mass is 9.94. The Morgan fingerprint density at radius 1 is 1.08 bits per heavy atom. The van der Waals surface area contributed by atoms with E-state index in [2.05, 4.69) is 11.0 Å². The van der Waals surface area contributed by atoms with E-state index in [1.165, 1.54) is 0 Å². The minimum atomic E-state index is -0.177. The molecule has 2 aliphatic rings. The van der Waals surface area contributed by atoms with Gasteiger partial charge in [-0.1, -0.05) is 18.2 Å². The standard InChI is InChI=1S/C19H24N4O2/c20-19(25)15-6-8-21(9-7-15)16-11-23(12-16)18(24)13-22-10-5-14-3-1-2-4-17(14)22/h1-5,10,15-16H,6-9,11-13H2,(H2,20,25). The monoisotopic (exact) mass is 340 g/mol. The SMILES string of the molecule is NC(=O)C1CCN(C2CN(C(=O)Cn3ccc4ccccc43)C2)CC1. The second-order valence-electron chi connectivity index (χ2n) is 7.17. The maximum Gasteiger partial charge on any atom is 0.242 e. The quantitative estimate of drug-likeness (QED) is 0.904. The molecule has 1 aromatic heterocycles. The summed E-state index contributed by atoms with van der Waals surface area (Å²) < 4.78 is 2.02. The first-order valence-corrected chi connectivity index (χ1v) is 8.97. The molecule has 2 aromatic rings. The van der Waals surface area contributed by atoms with Gasteiger partial charge in [-0.15, -0.1) is 0 Å². The van der Waals surface area contributed by atoms with Gasteiger partial charge in [-0.25, -0.2) is 0 Å². The lowest BCUT2D eigenvalue weighted by molar-refractivity contribution is -0.139. The Labute approximate surface area is 147 Å². The van der Waals surface area contributed by atoms with Crippen LogP contribution in [0.4, 0.5) is 0 Å². The predicted octanol–water partition coefficient (Wildman–Crippen LogP) is 1.05. The van der Waals surface area contributed by atoms with Gasteiger partial charge in [0, 0.05) is 36.8 Å². The van der Waals surface area contributed by atoms with Gasteiger partial charge in [0.25, 0.3) is 0 Å². The Bertz CT molecular complexity index is 786. The topological polar surface area (TPSA) is 71.6 Å². The highest BCUT2D eigenvalue weighted by Crippen LogP contribution is 2.24. The van der Waals surface area contributed by atoms with Gasteiger partial charge in [-0.2, -0.15) is 0 Å². The summed E-state index contributed by atoms with van der Waals surface area (Å²) in [6.07, 6.45) is 3.67. The third-order valence-electron chi connectivity index (χ3n) is 5.65. The number of amides is 2. The van der Waals surface area contributed by atoms with E-state index in [0.29, 0.717) is 12.6 Å². The van der Waals surface area contributed by atoms with Crippen LogP contribution in [0.1, 0.15) is 12.8 Å². The van der Waals surface area contributed by atoms with E-state index >= 15 is 0 Å². The highest BCUT2D eigenvalue weighted by Gasteiger charge is 2.36. The molecule has 2 amide bonds. The van der Waals surface area contributed by atoms with E-state index in [-0.39, 0.29) is 17.7 Å². The summed E-state index contributed by atoms with van der Waals surface area (Å²) in [6.45, 7) is 3.79. The normalized spacial score (nSPS) is 19.9. The van der Waals surface area contributed by atoms with Crippen LogP contribution in [0.25, 0.3) is 10.9 Å². The molecular weight excluding hydrogens is 316 g/mol. The van der Waals surface area contributed by atoms with E-state index in [1.54, 1.807) is 0 Å². The Morgan fingerprint density at radius 2 is 1.80 bits per heavy atom. The molecule has 132 valence electrons. The van der Waals surface area contributed by atoms with Crippen LogP contribution in [0.15, 0.2) is 36.5 Å². The van der Waals surface area contributed by atoms with Gasteiger partial charge < -0.3 is 15.2 Å². The molecule has 1 aromatic carbocycles. The molecule has 0 radical (unpaired) electrons. The summed E-state index contributed by atoms with van der Waals surface area (Å²) in [5.74, 6) is 0.0183. The zero-order valence-electron chi connectivity index (χ0n) is 14.3. The molecule has 2 aliphatic heterocycles. The second kappa shape index (κ2) is 6.52. The van der Waals surface area contributed by atoms with Crippen molar-refractivity contribution < 1.29 is 9.59 Å². The van der Waals surface area contributed by atoms with E-state index in [1.807, 2.05) is 39.9 Å². The number of nitrogens with zero attached hydrogens (tertiary/aromatic N) is 3. The number of piperidine rings is 1. The van der Waals surface area contributed by atoms with Gasteiger partial charge in [0.15, 0.2) is 0 Å².